The third kappa shape index (κ3) is 3.02. The summed E-state index contributed by atoms with van der Waals surface area (Å²) in [4.78, 5) is 31.5. The molecule has 0 aliphatic carbocycles. The SMILES string of the molecule is CCCCn1c(=O)[nH]c(=O)c2c1nc(-c1ccc(OC)c(Br)c1)n2C. The Balaban J connectivity index is 2.26. The summed E-state index contributed by atoms with van der Waals surface area (Å²) in [5, 5.41) is 0. The van der Waals surface area contributed by atoms with Crippen LogP contribution in [0.2, 0.25) is 0 Å². The van der Waals surface area contributed by atoms with Crippen LogP contribution in [-0.2, 0) is 13.6 Å². The summed E-state index contributed by atoms with van der Waals surface area (Å²) in [6, 6.07) is 5.57. The average molecular weight is 407 g/mol. The van der Waals surface area contributed by atoms with Crippen molar-refractivity contribution in [2.45, 2.75) is 26.3 Å². The molecule has 0 fully saturated rings. The molecule has 0 unspecified atom stereocenters. The second kappa shape index (κ2) is 6.87. The molecule has 0 aliphatic heterocycles. The molecule has 3 aromatic rings. The van der Waals surface area contributed by atoms with Crippen LogP contribution < -0.4 is 16.0 Å². The van der Waals surface area contributed by atoms with Gasteiger partial charge in [0.2, 0.25) is 0 Å². The van der Waals surface area contributed by atoms with Crippen LogP contribution in [0.5, 0.6) is 5.75 Å². The summed E-state index contributed by atoms with van der Waals surface area (Å²) >= 11 is 3.46. The van der Waals surface area contributed by atoms with Gasteiger partial charge in [0, 0.05) is 19.2 Å². The molecule has 1 aromatic carbocycles. The normalized spacial score (nSPS) is 11.2. The van der Waals surface area contributed by atoms with Gasteiger partial charge in [-0.15, -0.1) is 0 Å². The molecule has 7 nitrogen and oxygen atoms in total. The standard InChI is InChI=1S/C17H19BrN4O3/c1-4-5-8-22-15-13(16(23)20-17(22)24)21(2)14(19-15)10-6-7-12(25-3)11(18)9-10/h6-7,9H,4-5,8H2,1-3H3,(H,20,23,24). The van der Waals surface area contributed by atoms with E-state index in [1.807, 2.05) is 25.1 Å². The van der Waals surface area contributed by atoms with Crippen LogP contribution in [0.3, 0.4) is 0 Å². The van der Waals surface area contributed by atoms with Crippen molar-refractivity contribution in [2.75, 3.05) is 7.11 Å². The van der Waals surface area contributed by atoms with E-state index >= 15 is 0 Å². The summed E-state index contributed by atoms with van der Waals surface area (Å²) in [5.41, 5.74) is 0.762. The molecule has 0 radical (unpaired) electrons. The first-order valence-corrected chi connectivity index (χ1v) is 8.80. The zero-order valence-electron chi connectivity index (χ0n) is 14.3. The molecule has 25 heavy (non-hydrogen) atoms. The van der Waals surface area contributed by atoms with Crippen molar-refractivity contribution in [2.24, 2.45) is 7.05 Å². The molecule has 8 heteroatoms. The maximum Gasteiger partial charge on any atom is 0.330 e. The van der Waals surface area contributed by atoms with Crippen LogP contribution in [0.1, 0.15) is 19.8 Å². The van der Waals surface area contributed by atoms with E-state index < -0.39 is 11.2 Å². The summed E-state index contributed by atoms with van der Waals surface area (Å²) < 4.78 is 9.28. The number of hydrogen-bond donors (Lipinski definition) is 1. The Hall–Kier alpha value is -2.35. The molecule has 0 aliphatic rings. The van der Waals surface area contributed by atoms with Gasteiger partial charge in [-0.1, -0.05) is 13.3 Å². The predicted molar refractivity (Wildman–Crippen MR) is 100 cm³/mol. The van der Waals surface area contributed by atoms with Gasteiger partial charge in [-0.3, -0.25) is 14.3 Å². The van der Waals surface area contributed by atoms with Crippen LogP contribution in [-0.4, -0.2) is 26.2 Å². The Morgan fingerprint density at radius 2 is 2.08 bits per heavy atom. The van der Waals surface area contributed by atoms with Gasteiger partial charge in [0.25, 0.3) is 5.56 Å². The van der Waals surface area contributed by atoms with Gasteiger partial charge >= 0.3 is 5.69 Å². The van der Waals surface area contributed by atoms with Crippen molar-refractivity contribution in [1.29, 1.82) is 0 Å². The number of hydrogen-bond acceptors (Lipinski definition) is 4. The third-order valence-electron chi connectivity index (χ3n) is 4.16. The Labute approximate surface area is 152 Å². The second-order valence-electron chi connectivity index (χ2n) is 5.78. The lowest BCUT2D eigenvalue weighted by Crippen LogP contribution is -2.31. The van der Waals surface area contributed by atoms with E-state index in [1.165, 1.54) is 4.57 Å². The van der Waals surface area contributed by atoms with Crippen molar-refractivity contribution in [3.63, 3.8) is 0 Å². The highest BCUT2D eigenvalue weighted by Gasteiger charge is 2.18. The van der Waals surface area contributed by atoms with Gasteiger partial charge in [0.15, 0.2) is 11.2 Å². The zero-order valence-corrected chi connectivity index (χ0v) is 15.9. The van der Waals surface area contributed by atoms with Crippen molar-refractivity contribution < 1.29 is 4.74 Å². The van der Waals surface area contributed by atoms with E-state index in [9.17, 15) is 9.59 Å². The van der Waals surface area contributed by atoms with E-state index in [2.05, 4.69) is 25.9 Å². The first-order valence-electron chi connectivity index (χ1n) is 8.01. The number of rotatable bonds is 5. The van der Waals surface area contributed by atoms with Crippen molar-refractivity contribution >= 4 is 27.1 Å². The minimum absolute atomic E-state index is 0.387. The van der Waals surface area contributed by atoms with E-state index in [4.69, 9.17) is 4.74 Å². The number of nitrogens with one attached hydrogen (secondary N) is 1. The number of halogens is 1. The Kier molecular flexibility index (Phi) is 4.80. The maximum atomic E-state index is 12.3. The summed E-state index contributed by atoms with van der Waals surface area (Å²) in [6.45, 7) is 2.57. The molecule has 0 saturated heterocycles. The fraction of sp³-hybridized carbons (Fsp3) is 0.353. The molecule has 3 rings (SSSR count). The van der Waals surface area contributed by atoms with Crippen molar-refractivity contribution in [1.82, 2.24) is 19.1 Å². The van der Waals surface area contributed by atoms with Crippen molar-refractivity contribution in [3.8, 4) is 17.1 Å². The quantitative estimate of drug-likeness (QED) is 0.705. The molecule has 0 bridgehead atoms. The number of aryl methyl sites for hydroxylation is 2. The Bertz CT molecular complexity index is 1050. The number of benzene rings is 1. The molecule has 0 atom stereocenters. The molecule has 0 spiro atoms. The van der Waals surface area contributed by atoms with Gasteiger partial charge in [-0.2, -0.15) is 0 Å². The van der Waals surface area contributed by atoms with Crippen LogP contribution in [0, 0.1) is 0 Å². The summed E-state index contributed by atoms with van der Waals surface area (Å²) in [5.74, 6) is 1.32. The number of fused-ring (bicyclic) bond motifs is 1. The van der Waals surface area contributed by atoms with Gasteiger partial charge in [-0.25, -0.2) is 9.78 Å². The van der Waals surface area contributed by atoms with Gasteiger partial charge in [0.1, 0.15) is 11.6 Å². The number of aromatic nitrogens is 4. The number of ether oxygens (including phenoxy) is 1. The summed E-state index contributed by atoms with van der Waals surface area (Å²) in [6.07, 6.45) is 1.78. The first kappa shape index (κ1) is 17.5. The monoisotopic (exact) mass is 406 g/mol. The third-order valence-corrected chi connectivity index (χ3v) is 4.78. The lowest BCUT2D eigenvalue weighted by atomic mass is 10.2. The lowest BCUT2D eigenvalue weighted by molar-refractivity contribution is 0.412. The molecular weight excluding hydrogens is 388 g/mol. The maximum absolute atomic E-state index is 12.3. The molecule has 0 saturated carbocycles. The number of aromatic amines is 1. The fourth-order valence-corrected chi connectivity index (χ4v) is 3.37. The van der Waals surface area contributed by atoms with Crippen LogP contribution in [0.15, 0.2) is 32.3 Å². The molecule has 1 N–H and O–H groups in total. The molecule has 132 valence electrons. The van der Waals surface area contributed by atoms with Crippen LogP contribution in [0.4, 0.5) is 0 Å². The molecule has 0 amide bonds. The Morgan fingerprint density at radius 1 is 1.32 bits per heavy atom. The molecule has 2 heterocycles. The first-order chi connectivity index (χ1) is 12.0. The van der Waals surface area contributed by atoms with E-state index in [0.717, 1.165) is 22.9 Å². The zero-order chi connectivity index (χ0) is 18.1. The molecular formula is C17H19BrN4O3. The van der Waals surface area contributed by atoms with Crippen LogP contribution in [0.25, 0.3) is 22.6 Å². The van der Waals surface area contributed by atoms with E-state index in [-0.39, 0.29) is 0 Å². The topological polar surface area (TPSA) is 81.9 Å². The smallest absolute Gasteiger partial charge is 0.330 e. The number of H-pyrrole nitrogens is 1. The minimum Gasteiger partial charge on any atom is -0.496 e. The van der Waals surface area contributed by atoms with Gasteiger partial charge in [-0.05, 0) is 40.5 Å². The van der Waals surface area contributed by atoms with Gasteiger partial charge < -0.3 is 9.30 Å². The lowest BCUT2D eigenvalue weighted by Gasteiger charge is -2.06. The predicted octanol–water partition coefficient (Wildman–Crippen LogP) is 2.66. The average Bonchev–Trinajstić information content (AvgIpc) is 2.92. The highest BCUT2D eigenvalue weighted by Crippen LogP contribution is 2.30. The van der Waals surface area contributed by atoms with E-state index in [0.29, 0.717) is 29.3 Å². The highest BCUT2D eigenvalue weighted by molar-refractivity contribution is 9.10. The highest BCUT2D eigenvalue weighted by atomic mass is 79.9. The molecule has 2 aromatic heterocycles. The minimum atomic E-state index is -0.429. The second-order valence-corrected chi connectivity index (χ2v) is 6.63. The fourth-order valence-electron chi connectivity index (χ4n) is 2.83. The largest absolute Gasteiger partial charge is 0.496 e. The number of imidazole rings is 1. The van der Waals surface area contributed by atoms with Crippen LogP contribution >= 0.6 is 15.9 Å². The van der Waals surface area contributed by atoms with E-state index in [1.54, 1.807) is 18.7 Å². The number of unbranched alkanes of at least 4 members (excludes halogenated alkanes) is 1. The Morgan fingerprint density at radius 3 is 2.72 bits per heavy atom. The number of nitrogens with zero attached hydrogens (tertiary/aromatic N) is 3. The summed E-state index contributed by atoms with van der Waals surface area (Å²) in [7, 11) is 3.37. The number of methoxy groups -OCH3 is 1. The van der Waals surface area contributed by atoms with Crippen molar-refractivity contribution in [3.05, 3.63) is 43.5 Å². The van der Waals surface area contributed by atoms with Gasteiger partial charge in [0.05, 0.1) is 11.6 Å².